The number of carbonyl (C=O) groups excluding carboxylic acids is 2. The van der Waals surface area contributed by atoms with Crippen molar-refractivity contribution in [3.63, 3.8) is 0 Å². The van der Waals surface area contributed by atoms with Crippen molar-refractivity contribution in [2.45, 2.75) is 0 Å². The molecule has 2 N–H and O–H groups in total. The largest absolute Gasteiger partial charge is 0.322 e. The van der Waals surface area contributed by atoms with E-state index in [-0.39, 0.29) is 11.3 Å². The van der Waals surface area contributed by atoms with Crippen LogP contribution in [0.1, 0.15) is 26.3 Å². The molecule has 0 saturated heterocycles. The maximum Gasteiger partial charge on any atom is 0.271 e. The summed E-state index contributed by atoms with van der Waals surface area (Å²) < 4.78 is 0. The lowest BCUT2D eigenvalue weighted by Gasteiger charge is -2.06. The fraction of sp³-hybridized carbons (Fsp3) is 0. The lowest BCUT2D eigenvalue weighted by atomic mass is 10.1. The zero-order chi connectivity index (χ0) is 20.6. The summed E-state index contributed by atoms with van der Waals surface area (Å²) in [7, 11) is 0. The fourth-order valence-electron chi connectivity index (χ4n) is 2.35. The number of hydrogen-bond acceptors (Lipinski definition) is 6. The maximum absolute atomic E-state index is 12.2. The third-order valence-electron chi connectivity index (χ3n) is 3.81. The first kappa shape index (κ1) is 19.4. The number of rotatable bonds is 6. The summed E-state index contributed by atoms with van der Waals surface area (Å²) in [4.78, 5) is 38.5. The Hall–Kier alpha value is -4.40. The molecular weight excluding hydrogens is 374 g/mol. The summed E-state index contributed by atoms with van der Waals surface area (Å²) in [6, 6.07) is 15.1. The molecule has 0 aliphatic rings. The van der Waals surface area contributed by atoms with Gasteiger partial charge in [0.05, 0.1) is 11.1 Å². The quantitative estimate of drug-likeness (QED) is 0.381. The molecule has 0 aliphatic carbocycles. The number of anilines is 1. The Morgan fingerprint density at radius 2 is 1.69 bits per heavy atom. The number of pyridine rings is 1. The fourth-order valence-corrected chi connectivity index (χ4v) is 2.35. The topological polar surface area (TPSA) is 127 Å². The number of nitrogens with zero attached hydrogens (tertiary/aromatic N) is 3. The number of amides is 2. The highest BCUT2D eigenvalue weighted by Crippen LogP contribution is 2.16. The molecule has 144 valence electrons. The van der Waals surface area contributed by atoms with E-state index in [9.17, 15) is 19.7 Å². The van der Waals surface area contributed by atoms with Crippen molar-refractivity contribution in [2.24, 2.45) is 5.10 Å². The molecule has 0 unspecified atom stereocenters. The highest BCUT2D eigenvalue weighted by molar-refractivity contribution is 6.05. The van der Waals surface area contributed by atoms with Crippen LogP contribution in [0.5, 0.6) is 0 Å². The summed E-state index contributed by atoms with van der Waals surface area (Å²) in [5, 5.41) is 17.3. The van der Waals surface area contributed by atoms with Crippen LogP contribution in [0.25, 0.3) is 0 Å². The van der Waals surface area contributed by atoms with Gasteiger partial charge in [0.1, 0.15) is 0 Å². The van der Waals surface area contributed by atoms with Gasteiger partial charge in [-0.2, -0.15) is 5.10 Å². The first-order chi connectivity index (χ1) is 14.0. The molecular formula is C20H15N5O4. The Balaban J connectivity index is 1.60. The van der Waals surface area contributed by atoms with Crippen LogP contribution in [0.15, 0.2) is 78.2 Å². The first-order valence-electron chi connectivity index (χ1n) is 8.42. The predicted octanol–water partition coefficient (Wildman–Crippen LogP) is 3.01. The van der Waals surface area contributed by atoms with Crippen LogP contribution in [0.4, 0.5) is 11.4 Å². The zero-order valence-corrected chi connectivity index (χ0v) is 15.0. The van der Waals surface area contributed by atoms with E-state index in [2.05, 4.69) is 20.8 Å². The third-order valence-corrected chi connectivity index (χ3v) is 3.81. The van der Waals surface area contributed by atoms with E-state index in [1.165, 1.54) is 42.6 Å². The number of nitro groups is 1. The van der Waals surface area contributed by atoms with Crippen molar-refractivity contribution < 1.29 is 14.5 Å². The minimum atomic E-state index is -0.568. The van der Waals surface area contributed by atoms with E-state index in [0.717, 1.165) is 5.56 Å². The lowest BCUT2D eigenvalue weighted by molar-refractivity contribution is -0.384. The van der Waals surface area contributed by atoms with Gasteiger partial charge in [0.15, 0.2) is 0 Å². The number of hydrazone groups is 1. The van der Waals surface area contributed by atoms with Crippen molar-refractivity contribution in [3.8, 4) is 0 Å². The SMILES string of the molecule is O=C(N/N=C\c1ccncc1)c1ccc(NC(=O)c2cccc([N+](=O)[O-])c2)cc1. The normalized spacial score (nSPS) is 10.5. The van der Waals surface area contributed by atoms with Gasteiger partial charge in [-0.1, -0.05) is 6.07 Å². The Kier molecular flexibility index (Phi) is 6.01. The minimum absolute atomic E-state index is 0.159. The van der Waals surface area contributed by atoms with Crippen LogP contribution < -0.4 is 10.7 Å². The van der Waals surface area contributed by atoms with E-state index in [1.54, 1.807) is 36.7 Å². The van der Waals surface area contributed by atoms with Crippen LogP contribution >= 0.6 is 0 Å². The highest BCUT2D eigenvalue weighted by Gasteiger charge is 2.12. The molecule has 2 amide bonds. The third kappa shape index (κ3) is 5.30. The lowest BCUT2D eigenvalue weighted by Crippen LogP contribution is -2.18. The Morgan fingerprint density at radius 3 is 2.38 bits per heavy atom. The highest BCUT2D eigenvalue weighted by atomic mass is 16.6. The first-order valence-corrected chi connectivity index (χ1v) is 8.42. The minimum Gasteiger partial charge on any atom is -0.322 e. The number of aromatic nitrogens is 1. The number of nitrogens with one attached hydrogen (secondary N) is 2. The summed E-state index contributed by atoms with van der Waals surface area (Å²) in [6.45, 7) is 0. The van der Waals surface area contributed by atoms with Gasteiger partial charge >= 0.3 is 0 Å². The number of hydrogen-bond donors (Lipinski definition) is 2. The molecule has 0 spiro atoms. The average Bonchev–Trinajstić information content (AvgIpc) is 2.75. The van der Waals surface area contributed by atoms with Gasteiger partial charge in [0.2, 0.25) is 0 Å². The van der Waals surface area contributed by atoms with Gasteiger partial charge in [-0.05, 0) is 48.0 Å². The second-order valence-electron chi connectivity index (χ2n) is 5.82. The molecule has 3 rings (SSSR count). The standard InChI is InChI=1S/C20H15N5O4/c26-19(16-2-1-3-18(12-16)25(28)29)23-17-6-4-15(5-7-17)20(27)24-22-13-14-8-10-21-11-9-14/h1-13H,(H,23,26)(H,24,27)/b22-13-. The Bertz CT molecular complexity index is 1070. The van der Waals surface area contributed by atoms with E-state index in [1.807, 2.05) is 0 Å². The number of nitro benzene ring substituents is 1. The van der Waals surface area contributed by atoms with E-state index in [0.29, 0.717) is 11.3 Å². The monoisotopic (exact) mass is 389 g/mol. The van der Waals surface area contributed by atoms with E-state index >= 15 is 0 Å². The second kappa shape index (κ2) is 9.00. The Morgan fingerprint density at radius 1 is 0.966 bits per heavy atom. The van der Waals surface area contributed by atoms with Crippen molar-refractivity contribution in [1.82, 2.24) is 10.4 Å². The van der Waals surface area contributed by atoms with Gasteiger partial charge < -0.3 is 5.32 Å². The molecule has 1 aromatic heterocycles. The van der Waals surface area contributed by atoms with Crippen LogP contribution in [0, 0.1) is 10.1 Å². The number of carbonyl (C=O) groups is 2. The predicted molar refractivity (Wildman–Crippen MR) is 107 cm³/mol. The number of non-ortho nitro benzene ring substituents is 1. The van der Waals surface area contributed by atoms with Crippen molar-refractivity contribution in [2.75, 3.05) is 5.32 Å². The molecule has 1 heterocycles. The molecule has 9 nitrogen and oxygen atoms in total. The van der Waals surface area contributed by atoms with Crippen molar-refractivity contribution in [1.29, 1.82) is 0 Å². The van der Waals surface area contributed by atoms with Gasteiger partial charge in [0.25, 0.3) is 17.5 Å². The summed E-state index contributed by atoms with van der Waals surface area (Å²) in [5.74, 6) is -0.903. The van der Waals surface area contributed by atoms with Crippen LogP contribution in [0.3, 0.4) is 0 Å². The van der Waals surface area contributed by atoms with E-state index < -0.39 is 16.7 Å². The molecule has 0 fully saturated rings. The second-order valence-corrected chi connectivity index (χ2v) is 5.82. The zero-order valence-electron chi connectivity index (χ0n) is 15.0. The van der Waals surface area contributed by atoms with Crippen LogP contribution in [0.2, 0.25) is 0 Å². The van der Waals surface area contributed by atoms with Gasteiger partial charge in [0, 0.05) is 41.3 Å². The van der Waals surface area contributed by atoms with Crippen LogP contribution in [-0.4, -0.2) is 27.9 Å². The summed E-state index contributed by atoms with van der Waals surface area (Å²) >= 11 is 0. The van der Waals surface area contributed by atoms with Crippen molar-refractivity contribution >= 4 is 29.4 Å². The average molecular weight is 389 g/mol. The van der Waals surface area contributed by atoms with Gasteiger partial charge in [-0.3, -0.25) is 24.7 Å². The molecule has 0 aliphatic heterocycles. The molecule has 2 aromatic carbocycles. The molecule has 0 atom stereocenters. The van der Waals surface area contributed by atoms with Gasteiger partial charge in [-0.15, -0.1) is 0 Å². The molecule has 9 heteroatoms. The summed E-state index contributed by atoms with van der Waals surface area (Å²) in [5.41, 5.74) is 3.98. The number of benzene rings is 2. The Labute approximate surface area is 165 Å². The molecule has 0 bridgehead atoms. The molecule has 0 saturated carbocycles. The van der Waals surface area contributed by atoms with Gasteiger partial charge in [-0.25, -0.2) is 5.43 Å². The maximum atomic E-state index is 12.2. The van der Waals surface area contributed by atoms with E-state index in [4.69, 9.17) is 0 Å². The molecule has 0 radical (unpaired) electrons. The smallest absolute Gasteiger partial charge is 0.271 e. The molecule has 3 aromatic rings. The van der Waals surface area contributed by atoms with Crippen molar-refractivity contribution in [3.05, 3.63) is 99.9 Å². The van der Waals surface area contributed by atoms with Crippen LogP contribution in [-0.2, 0) is 0 Å². The summed E-state index contributed by atoms with van der Waals surface area (Å²) in [6.07, 6.45) is 4.72. The molecule has 29 heavy (non-hydrogen) atoms.